The van der Waals surface area contributed by atoms with Gasteiger partial charge in [-0.3, -0.25) is 4.79 Å². The van der Waals surface area contributed by atoms with Crippen molar-refractivity contribution in [3.05, 3.63) is 59.7 Å². The van der Waals surface area contributed by atoms with Crippen molar-refractivity contribution < 1.29 is 24.2 Å². The number of fused-ring (bicyclic) bond motifs is 3. The van der Waals surface area contributed by atoms with Crippen LogP contribution in [0.2, 0.25) is 0 Å². The molecule has 34 heavy (non-hydrogen) atoms. The van der Waals surface area contributed by atoms with Crippen LogP contribution in [0, 0.1) is 11.3 Å². The van der Waals surface area contributed by atoms with Crippen LogP contribution in [-0.2, 0) is 14.3 Å². The number of rotatable bonds is 10. The molecular formula is C26H29N3O5. The molecule has 1 aliphatic rings. The highest BCUT2D eigenvalue weighted by molar-refractivity contribution is 5.89. The second kappa shape index (κ2) is 11.3. The Balaban J connectivity index is 1.68. The summed E-state index contributed by atoms with van der Waals surface area (Å²) < 4.78 is 5.55. The number of ether oxygens (including phenoxy) is 1. The number of nitrogens with zero attached hydrogens (tertiary/aromatic N) is 2. The van der Waals surface area contributed by atoms with Gasteiger partial charge in [-0.25, -0.2) is 9.59 Å². The van der Waals surface area contributed by atoms with E-state index in [1.165, 1.54) is 14.0 Å². The first kappa shape index (κ1) is 24.8. The van der Waals surface area contributed by atoms with E-state index in [1.54, 1.807) is 0 Å². The maximum atomic E-state index is 12.9. The van der Waals surface area contributed by atoms with Crippen molar-refractivity contribution in [1.29, 1.82) is 5.26 Å². The molecule has 0 fully saturated rings. The van der Waals surface area contributed by atoms with E-state index < -0.39 is 30.1 Å². The molecule has 0 radical (unpaired) electrons. The first-order valence-electron chi connectivity index (χ1n) is 11.3. The van der Waals surface area contributed by atoms with Crippen LogP contribution < -0.4 is 5.32 Å². The largest absolute Gasteiger partial charge is 0.480 e. The number of hydrogen-bond donors (Lipinski definition) is 2. The van der Waals surface area contributed by atoms with Crippen LogP contribution in [0.15, 0.2) is 48.5 Å². The van der Waals surface area contributed by atoms with E-state index in [2.05, 4.69) is 11.4 Å². The predicted octanol–water partition coefficient (Wildman–Crippen LogP) is 3.91. The summed E-state index contributed by atoms with van der Waals surface area (Å²) in [5.74, 6) is -1.77. The Morgan fingerprint density at radius 2 is 1.68 bits per heavy atom. The number of carbonyl (C=O) groups is 3. The molecule has 0 aromatic heterocycles. The van der Waals surface area contributed by atoms with Gasteiger partial charge in [-0.15, -0.1) is 0 Å². The number of aliphatic carboxylic acids is 1. The van der Waals surface area contributed by atoms with Gasteiger partial charge in [-0.2, -0.15) is 5.26 Å². The number of nitrogens with one attached hydrogen (secondary N) is 1. The highest BCUT2D eigenvalue weighted by atomic mass is 16.5. The summed E-state index contributed by atoms with van der Waals surface area (Å²) in [5.41, 5.74) is 4.38. The van der Waals surface area contributed by atoms with Crippen molar-refractivity contribution in [2.75, 3.05) is 13.7 Å². The second-order valence-electron chi connectivity index (χ2n) is 8.39. The normalized spacial score (nSPS) is 13.7. The summed E-state index contributed by atoms with van der Waals surface area (Å²) in [6.07, 6.45) is 0.986. The zero-order valence-electron chi connectivity index (χ0n) is 19.4. The highest BCUT2D eigenvalue weighted by Crippen LogP contribution is 2.44. The number of unbranched alkanes of at least 4 members (excludes halogenated alkanes) is 2. The number of carbonyl (C=O) groups excluding carboxylic acids is 2. The van der Waals surface area contributed by atoms with Crippen molar-refractivity contribution in [2.45, 2.75) is 50.6 Å². The molecule has 2 atom stereocenters. The van der Waals surface area contributed by atoms with E-state index in [4.69, 9.17) is 10.00 Å². The minimum absolute atomic E-state index is 0.108. The number of carboxylic acids is 1. The van der Waals surface area contributed by atoms with Crippen LogP contribution in [0.25, 0.3) is 11.1 Å². The topological polar surface area (TPSA) is 120 Å². The van der Waals surface area contributed by atoms with Crippen LogP contribution in [0.5, 0.6) is 0 Å². The van der Waals surface area contributed by atoms with E-state index in [-0.39, 0.29) is 18.9 Å². The second-order valence-corrected chi connectivity index (χ2v) is 8.39. The lowest BCUT2D eigenvalue weighted by Crippen LogP contribution is -2.51. The zero-order valence-corrected chi connectivity index (χ0v) is 19.4. The number of benzene rings is 2. The zero-order chi connectivity index (χ0) is 24.7. The number of alkyl carbamates (subject to hydrolysis) is 1. The van der Waals surface area contributed by atoms with E-state index in [0.29, 0.717) is 19.3 Å². The molecule has 2 amide bonds. The molecule has 3 rings (SSSR count). The number of nitriles is 1. The van der Waals surface area contributed by atoms with Crippen LogP contribution in [0.3, 0.4) is 0 Å². The number of amides is 2. The molecule has 0 heterocycles. The van der Waals surface area contributed by atoms with Crippen molar-refractivity contribution in [3.63, 3.8) is 0 Å². The van der Waals surface area contributed by atoms with Gasteiger partial charge < -0.3 is 20.1 Å². The standard InChI is InChI=1S/C26H29N3O5/c1-17(25(31)32)29(2)24(30)23(14-4-3-9-15-27)28-26(33)34-16-22-20-12-7-5-10-18(20)19-11-6-8-13-21(19)22/h5-8,10-13,17,22-23H,3-4,9,14,16H2,1-2H3,(H,28,33)(H,31,32). The van der Waals surface area contributed by atoms with Gasteiger partial charge >= 0.3 is 12.1 Å². The molecule has 2 N–H and O–H groups in total. The molecule has 0 saturated carbocycles. The summed E-state index contributed by atoms with van der Waals surface area (Å²) in [5, 5.41) is 20.6. The average Bonchev–Trinajstić information content (AvgIpc) is 3.16. The Hall–Kier alpha value is -3.86. The Kier molecular flexibility index (Phi) is 8.25. The maximum Gasteiger partial charge on any atom is 0.407 e. The van der Waals surface area contributed by atoms with E-state index in [9.17, 15) is 19.5 Å². The third-order valence-corrected chi connectivity index (χ3v) is 6.25. The summed E-state index contributed by atoms with van der Waals surface area (Å²) >= 11 is 0. The summed E-state index contributed by atoms with van der Waals surface area (Å²) in [6, 6.07) is 16.0. The molecule has 0 aliphatic heterocycles. The summed E-state index contributed by atoms with van der Waals surface area (Å²) in [6.45, 7) is 1.51. The number of likely N-dealkylation sites (N-methyl/N-ethyl adjacent to an activating group) is 1. The number of hydrogen-bond acceptors (Lipinski definition) is 5. The van der Waals surface area contributed by atoms with E-state index in [1.807, 2.05) is 48.5 Å². The minimum atomic E-state index is -1.14. The monoisotopic (exact) mass is 463 g/mol. The van der Waals surface area contributed by atoms with Crippen molar-refractivity contribution in [2.24, 2.45) is 0 Å². The fraction of sp³-hybridized carbons (Fsp3) is 0.385. The Bertz CT molecular complexity index is 1050. The Labute approximate surface area is 199 Å². The predicted molar refractivity (Wildman–Crippen MR) is 126 cm³/mol. The number of carboxylic acid groups (broad SMARTS) is 1. The van der Waals surface area contributed by atoms with Crippen LogP contribution >= 0.6 is 0 Å². The van der Waals surface area contributed by atoms with Gasteiger partial charge in [0.05, 0.1) is 6.07 Å². The maximum absolute atomic E-state index is 12.9. The Morgan fingerprint density at radius 3 is 2.24 bits per heavy atom. The van der Waals surface area contributed by atoms with Crippen LogP contribution in [0.4, 0.5) is 4.79 Å². The molecular weight excluding hydrogens is 434 g/mol. The fourth-order valence-electron chi connectivity index (χ4n) is 4.19. The lowest BCUT2D eigenvalue weighted by molar-refractivity contribution is -0.149. The van der Waals surface area contributed by atoms with Crippen LogP contribution in [0.1, 0.15) is 49.7 Å². The van der Waals surface area contributed by atoms with E-state index in [0.717, 1.165) is 27.2 Å². The molecule has 2 aromatic carbocycles. The molecule has 2 aromatic rings. The Morgan fingerprint density at radius 1 is 1.09 bits per heavy atom. The molecule has 2 unspecified atom stereocenters. The average molecular weight is 464 g/mol. The first-order valence-corrected chi connectivity index (χ1v) is 11.3. The minimum Gasteiger partial charge on any atom is -0.480 e. The van der Waals surface area contributed by atoms with Crippen LogP contribution in [-0.4, -0.2) is 53.7 Å². The molecule has 0 bridgehead atoms. The third kappa shape index (κ3) is 5.54. The lowest BCUT2D eigenvalue weighted by atomic mass is 9.98. The van der Waals surface area contributed by atoms with Gasteiger partial charge in [0.25, 0.3) is 0 Å². The molecule has 178 valence electrons. The molecule has 0 spiro atoms. The van der Waals surface area contributed by atoms with Gasteiger partial charge in [0.2, 0.25) is 5.91 Å². The third-order valence-electron chi connectivity index (χ3n) is 6.25. The van der Waals surface area contributed by atoms with Crippen molar-refractivity contribution >= 4 is 18.0 Å². The lowest BCUT2D eigenvalue weighted by Gasteiger charge is -2.27. The van der Waals surface area contributed by atoms with Gasteiger partial charge in [-0.1, -0.05) is 48.5 Å². The molecule has 8 nitrogen and oxygen atoms in total. The highest BCUT2D eigenvalue weighted by Gasteiger charge is 2.31. The molecule has 1 aliphatic carbocycles. The van der Waals surface area contributed by atoms with Gasteiger partial charge in [0, 0.05) is 19.4 Å². The quantitative estimate of drug-likeness (QED) is 0.516. The molecule has 0 saturated heterocycles. The van der Waals surface area contributed by atoms with Gasteiger partial charge in [-0.05, 0) is 48.4 Å². The van der Waals surface area contributed by atoms with Crippen molar-refractivity contribution in [3.8, 4) is 17.2 Å². The van der Waals surface area contributed by atoms with Gasteiger partial charge in [0.15, 0.2) is 0 Å². The fourth-order valence-corrected chi connectivity index (χ4v) is 4.19. The summed E-state index contributed by atoms with van der Waals surface area (Å²) in [7, 11) is 1.39. The smallest absolute Gasteiger partial charge is 0.407 e. The van der Waals surface area contributed by atoms with Gasteiger partial charge in [0.1, 0.15) is 18.7 Å². The summed E-state index contributed by atoms with van der Waals surface area (Å²) in [4.78, 5) is 38.0. The molecule has 8 heteroatoms. The first-order chi connectivity index (χ1) is 16.3. The van der Waals surface area contributed by atoms with E-state index >= 15 is 0 Å². The van der Waals surface area contributed by atoms with Crippen molar-refractivity contribution in [1.82, 2.24) is 10.2 Å². The SMILES string of the molecule is CC(C(=O)O)N(C)C(=O)C(CCCCC#N)NC(=O)OCC1c2ccccc2-c2ccccc21.